The molecule has 0 saturated carbocycles. The number of hydrogen-bond donors (Lipinski definition) is 0. The molecule has 0 saturated heterocycles. The summed E-state index contributed by atoms with van der Waals surface area (Å²) >= 11 is 0. The summed E-state index contributed by atoms with van der Waals surface area (Å²) in [4.78, 5) is 0. The molecule has 1 rings (SSSR count). The number of rotatable bonds is 5. The maximum atomic E-state index is 6.19. The van der Waals surface area contributed by atoms with Crippen molar-refractivity contribution in [2.45, 2.75) is 109 Å². The molecule has 0 heterocycles. The van der Waals surface area contributed by atoms with Crippen LogP contribution in [0.4, 0.5) is 0 Å². The van der Waals surface area contributed by atoms with Gasteiger partial charge in [0.05, 0.1) is 0 Å². The van der Waals surface area contributed by atoms with Crippen LogP contribution in [0.5, 0.6) is 5.75 Å². The van der Waals surface area contributed by atoms with E-state index in [2.05, 4.69) is 134 Å². The van der Waals surface area contributed by atoms with Crippen molar-refractivity contribution in [3.63, 3.8) is 0 Å². The quantitative estimate of drug-likeness (QED) is 0.319. The summed E-state index contributed by atoms with van der Waals surface area (Å²) in [5.41, 5.74) is 7.27. The highest BCUT2D eigenvalue weighted by Crippen LogP contribution is 2.38. The first kappa shape index (κ1) is 31.0. The van der Waals surface area contributed by atoms with E-state index in [-0.39, 0.29) is 16.2 Å². The van der Waals surface area contributed by atoms with Gasteiger partial charge in [-0.15, -0.1) is 0 Å². The first-order chi connectivity index (χ1) is 14.8. The Bertz CT molecular complexity index is 884. The fourth-order valence-corrected chi connectivity index (χ4v) is 3.35. The van der Waals surface area contributed by atoms with Gasteiger partial charge in [-0.25, -0.2) is 0 Å². The Balaban J connectivity index is 0.00000322. The lowest BCUT2D eigenvalue weighted by Crippen LogP contribution is -2.16. The average Bonchev–Trinajstić information content (AvgIpc) is 2.64. The van der Waals surface area contributed by atoms with Crippen LogP contribution in [-0.2, 0) is 5.41 Å². The smallest absolute Gasteiger partial charge is 0.130 e. The molecule has 0 N–H and O–H groups in total. The molecule has 186 valence electrons. The topological polar surface area (TPSA) is 9.23 Å². The van der Waals surface area contributed by atoms with Crippen molar-refractivity contribution in [2.24, 2.45) is 10.8 Å². The number of ether oxygens (including phenoxy) is 1. The van der Waals surface area contributed by atoms with Crippen molar-refractivity contribution < 1.29 is 4.74 Å². The van der Waals surface area contributed by atoms with Crippen molar-refractivity contribution >= 4 is 0 Å². The molecule has 0 amide bonds. The molecular weight excluding hydrogens is 400 g/mol. The zero-order valence-corrected chi connectivity index (χ0v) is 24.3. The minimum atomic E-state index is -0.00983. The molecular formula is C32H52O. The summed E-state index contributed by atoms with van der Waals surface area (Å²) in [6.07, 6.45) is 3.47. The van der Waals surface area contributed by atoms with Gasteiger partial charge in [-0.1, -0.05) is 114 Å². The number of benzene rings is 1. The molecule has 1 heteroatoms. The van der Waals surface area contributed by atoms with E-state index in [1.165, 1.54) is 23.1 Å². The highest BCUT2D eigenvalue weighted by molar-refractivity contribution is 5.46. The van der Waals surface area contributed by atoms with E-state index in [0.29, 0.717) is 5.76 Å². The summed E-state index contributed by atoms with van der Waals surface area (Å²) < 4.78 is 6.19. The normalized spacial score (nSPS) is 13.6. The lowest BCUT2D eigenvalue weighted by Gasteiger charge is -2.30. The zero-order chi connectivity index (χ0) is 26.4. The highest BCUT2D eigenvalue weighted by Gasteiger charge is 2.24. The third-order valence-electron chi connectivity index (χ3n) is 5.64. The second-order valence-electron chi connectivity index (χ2n) is 12.3. The van der Waals surface area contributed by atoms with E-state index < -0.39 is 0 Å². The van der Waals surface area contributed by atoms with Gasteiger partial charge in [0, 0.05) is 0 Å². The van der Waals surface area contributed by atoms with Crippen LogP contribution in [0.1, 0.15) is 108 Å². The Hall–Kier alpha value is -2.02. The molecule has 1 aromatic rings. The van der Waals surface area contributed by atoms with E-state index >= 15 is 0 Å². The van der Waals surface area contributed by atoms with Crippen LogP contribution in [0.15, 0.2) is 65.5 Å². The third kappa shape index (κ3) is 9.78. The Morgan fingerprint density at radius 2 is 1.36 bits per heavy atom. The lowest BCUT2D eigenvalue weighted by atomic mass is 9.75. The summed E-state index contributed by atoms with van der Waals surface area (Å²) in [5.74, 6) is 1.54. The van der Waals surface area contributed by atoms with Gasteiger partial charge in [0.1, 0.15) is 11.5 Å². The van der Waals surface area contributed by atoms with Crippen LogP contribution < -0.4 is 4.74 Å². The molecule has 1 aromatic carbocycles. The van der Waals surface area contributed by atoms with E-state index in [9.17, 15) is 0 Å². The maximum absolute atomic E-state index is 6.19. The molecule has 0 aliphatic rings. The Morgan fingerprint density at radius 1 is 0.879 bits per heavy atom. The van der Waals surface area contributed by atoms with Crippen molar-refractivity contribution in [3.8, 4) is 5.75 Å². The van der Waals surface area contributed by atoms with Crippen LogP contribution in [0.2, 0.25) is 0 Å². The van der Waals surface area contributed by atoms with Crippen molar-refractivity contribution in [3.05, 3.63) is 76.6 Å². The zero-order valence-electron chi connectivity index (χ0n) is 24.3. The largest absolute Gasteiger partial charge is 0.457 e. The van der Waals surface area contributed by atoms with E-state index in [4.69, 9.17) is 4.74 Å². The summed E-state index contributed by atoms with van der Waals surface area (Å²) in [7, 11) is 0. The van der Waals surface area contributed by atoms with Crippen molar-refractivity contribution in [1.82, 2.24) is 0 Å². The molecule has 33 heavy (non-hydrogen) atoms. The summed E-state index contributed by atoms with van der Waals surface area (Å²) in [6.45, 7) is 39.2. The molecule has 0 aromatic heterocycles. The first-order valence-corrected chi connectivity index (χ1v) is 12.3. The predicted molar refractivity (Wildman–Crippen MR) is 150 cm³/mol. The SMILES string of the molecule is C=C(Oc1ccc(C(C)(C)C)cc1C)/C(C)=C/C(=C(/C)C(=C)C(C)(C)C)C(C)(C)C.CCC. The van der Waals surface area contributed by atoms with E-state index in [1.807, 2.05) is 0 Å². The Kier molecular flexibility index (Phi) is 11.2. The van der Waals surface area contributed by atoms with Gasteiger partial charge in [-0.3, -0.25) is 0 Å². The van der Waals surface area contributed by atoms with Gasteiger partial charge in [0.15, 0.2) is 0 Å². The van der Waals surface area contributed by atoms with Gasteiger partial charge in [-0.05, 0) is 76.5 Å². The fourth-order valence-electron chi connectivity index (χ4n) is 3.35. The average molecular weight is 453 g/mol. The molecule has 0 spiro atoms. The van der Waals surface area contributed by atoms with Crippen LogP contribution in [0.3, 0.4) is 0 Å². The van der Waals surface area contributed by atoms with Gasteiger partial charge in [-0.2, -0.15) is 0 Å². The van der Waals surface area contributed by atoms with Crippen LogP contribution in [0, 0.1) is 17.8 Å². The number of aryl methyl sites for hydroxylation is 1. The molecule has 0 radical (unpaired) electrons. The molecule has 0 aliphatic heterocycles. The second-order valence-corrected chi connectivity index (χ2v) is 12.3. The molecule has 0 atom stereocenters. The number of allylic oxidation sites excluding steroid dienone is 5. The van der Waals surface area contributed by atoms with Crippen LogP contribution >= 0.6 is 0 Å². The molecule has 0 aliphatic carbocycles. The molecule has 1 nitrogen and oxygen atoms in total. The standard InChI is InChI=1S/C29H44O.C3H8/c1-19(18-25(29(12,13)14)21(3)22(4)27(6,7)8)23(5)30-26-16-15-24(17-20(26)2)28(9,10)11;1-3-2/h15-18H,4-5H2,1-3,6-14H3;3H2,1-2H3/b19-18+,25-21+;. The Labute approximate surface area is 206 Å². The van der Waals surface area contributed by atoms with Crippen molar-refractivity contribution in [2.75, 3.05) is 0 Å². The van der Waals surface area contributed by atoms with Gasteiger partial charge in [0.2, 0.25) is 0 Å². The first-order valence-electron chi connectivity index (χ1n) is 12.3. The molecule has 0 bridgehead atoms. The second kappa shape index (κ2) is 11.9. The maximum Gasteiger partial charge on any atom is 0.130 e. The summed E-state index contributed by atoms with van der Waals surface area (Å²) in [5, 5.41) is 0. The minimum Gasteiger partial charge on any atom is -0.457 e. The minimum absolute atomic E-state index is 0.00983. The van der Waals surface area contributed by atoms with Crippen molar-refractivity contribution in [1.29, 1.82) is 0 Å². The van der Waals surface area contributed by atoms with Gasteiger partial charge >= 0.3 is 0 Å². The fraction of sp³-hybridized carbons (Fsp3) is 0.562. The van der Waals surface area contributed by atoms with Crippen LogP contribution in [0.25, 0.3) is 0 Å². The van der Waals surface area contributed by atoms with Gasteiger partial charge in [0.25, 0.3) is 0 Å². The molecule has 0 fully saturated rings. The predicted octanol–water partition coefficient (Wildman–Crippen LogP) is 10.5. The van der Waals surface area contributed by atoms with E-state index in [1.54, 1.807) is 0 Å². The number of hydrogen-bond acceptors (Lipinski definition) is 1. The third-order valence-corrected chi connectivity index (χ3v) is 5.64. The van der Waals surface area contributed by atoms with Gasteiger partial charge < -0.3 is 4.74 Å². The highest BCUT2D eigenvalue weighted by atomic mass is 16.5. The summed E-state index contributed by atoms with van der Waals surface area (Å²) in [6, 6.07) is 6.41. The van der Waals surface area contributed by atoms with E-state index in [0.717, 1.165) is 22.5 Å². The van der Waals surface area contributed by atoms with Crippen LogP contribution in [-0.4, -0.2) is 0 Å². The Morgan fingerprint density at radius 3 is 1.73 bits per heavy atom. The molecule has 0 unspecified atom stereocenters. The monoisotopic (exact) mass is 452 g/mol. The lowest BCUT2D eigenvalue weighted by molar-refractivity contribution is 0.433.